The van der Waals surface area contributed by atoms with Gasteiger partial charge in [0.2, 0.25) is 23.3 Å². The largest absolute Gasteiger partial charge is 0.477 e. The average molecular weight is 917 g/mol. The van der Waals surface area contributed by atoms with E-state index in [1.54, 1.807) is 0 Å². The van der Waals surface area contributed by atoms with E-state index in [0.29, 0.717) is 0 Å². The van der Waals surface area contributed by atoms with Crippen molar-refractivity contribution in [1.29, 1.82) is 10.8 Å². The van der Waals surface area contributed by atoms with Crippen molar-refractivity contribution >= 4 is 59.2 Å². The van der Waals surface area contributed by atoms with Gasteiger partial charge in [-0.15, -0.1) is 0 Å². The van der Waals surface area contributed by atoms with E-state index in [2.05, 4.69) is 31.9 Å². The number of carbonyl (C=O) groups excluding carboxylic acids is 4. The number of anilines is 2. The SMILES string of the molecule is CC(=O)N[C@H]1[C@H]([C@H](OC(=O)Nc2ccc(Oc3ccc(NC(=O)O[C@@H]([C@@H]4OC(C(=O)O)=C[C@H](NC(=N)N)[C@H]4NC(C)=O)[C@@H](O)CO)cc3)cc2)[C@H](O)CO)OC(C(=O)O)=C[C@@H]1NC(=N)N. The Labute approximate surface area is 367 Å². The van der Waals surface area contributed by atoms with Crippen LogP contribution in [0.25, 0.3) is 0 Å². The lowest BCUT2D eigenvalue weighted by molar-refractivity contribution is -0.147. The van der Waals surface area contributed by atoms with Gasteiger partial charge in [-0.3, -0.25) is 31.0 Å². The molecule has 4 amide bonds. The summed E-state index contributed by atoms with van der Waals surface area (Å²) in [7, 11) is 0. The number of carbonyl (C=O) groups is 6. The zero-order valence-electron chi connectivity index (χ0n) is 34.3. The van der Waals surface area contributed by atoms with E-state index in [9.17, 15) is 59.4 Å². The first-order valence-electron chi connectivity index (χ1n) is 19.1. The molecule has 2 heterocycles. The summed E-state index contributed by atoms with van der Waals surface area (Å²) in [5.74, 6) is -6.54. The summed E-state index contributed by atoms with van der Waals surface area (Å²) in [6.45, 7) is 0.279. The smallest absolute Gasteiger partial charge is 0.412 e. The summed E-state index contributed by atoms with van der Waals surface area (Å²) in [4.78, 5) is 74.1. The number of aliphatic carboxylic acids is 2. The number of hydrogen-bond acceptors (Lipinski definition) is 17. The lowest BCUT2D eigenvalue weighted by Crippen LogP contribution is -2.64. The third kappa shape index (κ3) is 14.1. The lowest BCUT2D eigenvalue weighted by Gasteiger charge is -2.41. The maximum atomic E-state index is 13.1. The Morgan fingerprint density at radius 2 is 0.969 bits per heavy atom. The summed E-state index contributed by atoms with van der Waals surface area (Å²) in [6, 6.07) is 6.39. The molecule has 0 aromatic heterocycles. The molecular weight excluding hydrogens is 868 g/mol. The second-order valence-corrected chi connectivity index (χ2v) is 14.1. The van der Waals surface area contributed by atoms with Gasteiger partial charge in [-0.2, -0.15) is 0 Å². The fraction of sp³-hybridized carbons (Fsp3) is 0.368. The van der Waals surface area contributed by atoms with Crippen molar-refractivity contribution in [2.24, 2.45) is 11.5 Å². The minimum Gasteiger partial charge on any atom is -0.477 e. The number of benzene rings is 2. The first-order valence-corrected chi connectivity index (χ1v) is 19.1. The molecule has 27 heteroatoms. The Balaban J connectivity index is 1.42. The highest BCUT2D eigenvalue weighted by Crippen LogP contribution is 2.29. The summed E-state index contributed by atoms with van der Waals surface area (Å²) < 4.78 is 27.6. The molecule has 0 unspecified atom stereocenters. The Kier molecular flexibility index (Phi) is 17.2. The number of hydrogen-bond donors (Lipinski definition) is 16. The molecule has 0 aliphatic carbocycles. The van der Waals surface area contributed by atoms with Gasteiger partial charge in [0.15, 0.2) is 36.3 Å². The van der Waals surface area contributed by atoms with Gasteiger partial charge in [0.25, 0.3) is 0 Å². The lowest BCUT2D eigenvalue weighted by atomic mass is 9.92. The molecule has 2 aliphatic heterocycles. The Morgan fingerprint density at radius 3 is 1.25 bits per heavy atom. The molecule has 2 aromatic rings. The molecule has 2 aromatic carbocycles. The van der Waals surface area contributed by atoms with E-state index < -0.39 is 133 Å². The quantitative estimate of drug-likeness (QED) is 0.0541. The third-order valence-corrected chi connectivity index (χ3v) is 9.18. The van der Waals surface area contributed by atoms with E-state index in [4.69, 9.17) is 46.0 Å². The van der Waals surface area contributed by atoms with Gasteiger partial charge >= 0.3 is 24.1 Å². The molecule has 0 bridgehead atoms. The number of carboxylic acid groups (broad SMARTS) is 2. The third-order valence-electron chi connectivity index (χ3n) is 9.18. The number of nitrogens with one attached hydrogen (secondary N) is 8. The first kappa shape index (κ1) is 49.8. The van der Waals surface area contributed by atoms with Crippen molar-refractivity contribution in [3.63, 3.8) is 0 Å². The van der Waals surface area contributed by atoms with Crippen LogP contribution in [0.1, 0.15) is 13.8 Å². The standard InChI is InChI=1S/C38H48N10O17/c1-15(51)43-27-21(47-35(39)40)11-25(33(55)56)62-31(27)29(23(53)13-49)64-37(59)45-17-3-7-19(8-4-17)61-20-9-5-18(6-10-20)46-38(60)65-30(24(54)14-50)32-28(44-16(2)52)22(48-36(41)42)12-26(63-32)34(57)58/h3-12,21-24,27-32,49-50,53-54H,13-14H2,1-2H3,(H,43,51)(H,44,52)(H,45,59)(H,46,60)(H,55,56)(H,57,58)(H4,39,40,47)(H4,41,42,48)/t21-,22-,23-,24+,27+,28+,29+,30+,31+,32+/m0/s1. The van der Waals surface area contributed by atoms with Gasteiger partial charge in [-0.25, -0.2) is 19.2 Å². The van der Waals surface area contributed by atoms with Crippen molar-refractivity contribution in [1.82, 2.24) is 21.3 Å². The van der Waals surface area contributed by atoms with Crippen LogP contribution in [0, 0.1) is 10.8 Å². The van der Waals surface area contributed by atoms with Crippen LogP contribution in [0.15, 0.2) is 72.2 Å². The number of guanidine groups is 2. The average Bonchev–Trinajstić information content (AvgIpc) is 3.23. The predicted octanol–water partition coefficient (Wildman–Crippen LogP) is -2.53. The zero-order valence-corrected chi connectivity index (χ0v) is 34.3. The van der Waals surface area contributed by atoms with Crippen molar-refractivity contribution in [2.75, 3.05) is 23.8 Å². The van der Waals surface area contributed by atoms with Crippen LogP contribution in [0.3, 0.4) is 0 Å². The van der Waals surface area contributed by atoms with Gasteiger partial charge < -0.3 is 87.1 Å². The summed E-state index contributed by atoms with van der Waals surface area (Å²) in [6.07, 6.45) is -10.9. The monoisotopic (exact) mass is 916 g/mol. The van der Waals surface area contributed by atoms with Crippen molar-refractivity contribution < 1.29 is 83.1 Å². The fourth-order valence-corrected chi connectivity index (χ4v) is 6.51. The topological polar surface area (TPSA) is 442 Å². The first-order chi connectivity index (χ1) is 30.7. The van der Waals surface area contributed by atoms with Gasteiger partial charge in [0.1, 0.15) is 23.7 Å². The van der Waals surface area contributed by atoms with Crippen LogP contribution in [0.2, 0.25) is 0 Å². The molecule has 0 spiro atoms. The van der Waals surface area contributed by atoms with Gasteiger partial charge in [0.05, 0.1) is 37.4 Å². The molecule has 0 fully saturated rings. The molecule has 10 atom stereocenters. The fourth-order valence-electron chi connectivity index (χ4n) is 6.51. The second kappa shape index (κ2) is 22.5. The minimum absolute atomic E-state index is 0.135. The summed E-state index contributed by atoms with van der Waals surface area (Å²) >= 11 is 0. The molecule has 0 radical (unpaired) electrons. The van der Waals surface area contributed by atoms with Gasteiger partial charge in [-0.05, 0) is 60.7 Å². The summed E-state index contributed by atoms with van der Waals surface area (Å²) in [5, 5.41) is 90.1. The van der Waals surface area contributed by atoms with Crippen molar-refractivity contribution in [3.8, 4) is 11.5 Å². The van der Waals surface area contributed by atoms with Crippen LogP contribution >= 0.6 is 0 Å². The zero-order chi connectivity index (χ0) is 48.1. The van der Waals surface area contributed by atoms with Crippen molar-refractivity contribution in [2.45, 2.75) is 74.6 Å². The number of nitrogens with two attached hydrogens (primary N) is 2. The Hall–Kier alpha value is -7.88. The van der Waals surface area contributed by atoms with Gasteiger partial charge in [0, 0.05) is 25.2 Å². The van der Waals surface area contributed by atoms with E-state index >= 15 is 0 Å². The van der Waals surface area contributed by atoms with Gasteiger partial charge in [-0.1, -0.05) is 0 Å². The molecule has 352 valence electrons. The molecule has 4 rings (SSSR count). The number of aliphatic hydroxyl groups excluding tert-OH is 4. The van der Waals surface area contributed by atoms with E-state index in [1.165, 1.54) is 48.5 Å². The maximum Gasteiger partial charge on any atom is 0.412 e. The Morgan fingerprint density at radius 1 is 0.631 bits per heavy atom. The number of aliphatic hydroxyl groups is 4. The van der Waals surface area contributed by atoms with Crippen LogP contribution in [-0.2, 0) is 38.1 Å². The maximum absolute atomic E-state index is 13.1. The molecule has 0 saturated heterocycles. The van der Waals surface area contributed by atoms with Crippen LogP contribution in [0.4, 0.5) is 21.0 Å². The number of ether oxygens (including phenoxy) is 5. The molecular formula is C38H48N10O17. The van der Waals surface area contributed by atoms with Crippen LogP contribution in [0.5, 0.6) is 11.5 Å². The van der Waals surface area contributed by atoms with E-state index in [1.807, 2.05) is 0 Å². The normalized spacial score (nSPS) is 21.8. The molecule has 65 heavy (non-hydrogen) atoms. The predicted molar refractivity (Wildman–Crippen MR) is 221 cm³/mol. The minimum atomic E-state index is -1.86. The second-order valence-electron chi connectivity index (χ2n) is 14.1. The molecule has 0 saturated carbocycles. The van der Waals surface area contributed by atoms with Crippen LogP contribution < -0.4 is 48.1 Å². The van der Waals surface area contributed by atoms with E-state index in [-0.39, 0.29) is 22.9 Å². The van der Waals surface area contributed by atoms with E-state index in [0.717, 1.165) is 26.0 Å². The highest BCUT2D eigenvalue weighted by Gasteiger charge is 2.48. The Bertz CT molecular complexity index is 2010. The van der Waals surface area contributed by atoms with Crippen molar-refractivity contribution in [3.05, 3.63) is 72.2 Å². The molecule has 18 N–H and O–H groups in total. The van der Waals surface area contributed by atoms with Crippen LogP contribution in [-0.4, -0.2) is 153 Å². The summed E-state index contributed by atoms with van der Waals surface area (Å²) in [5.41, 5.74) is 11.2. The molecule has 2 aliphatic rings. The highest BCUT2D eigenvalue weighted by molar-refractivity contribution is 5.87. The number of carboxylic acids is 2. The number of rotatable bonds is 18. The highest BCUT2D eigenvalue weighted by atomic mass is 16.6. The molecule has 27 nitrogen and oxygen atoms in total. The number of amides is 4.